The second-order valence-electron chi connectivity index (χ2n) is 4.54. The zero-order chi connectivity index (χ0) is 14.0. The van der Waals surface area contributed by atoms with Crippen LogP contribution in [-0.4, -0.2) is 46.8 Å². The van der Waals surface area contributed by atoms with Crippen molar-refractivity contribution in [2.45, 2.75) is 37.6 Å². The summed E-state index contributed by atoms with van der Waals surface area (Å²) in [5.41, 5.74) is 6.15. The SMILES string of the molecule is C[C@H]1O[C@@H](O)C(O)C(N)[C@@H]1OC(=O)c1ccccc1. The number of rotatable bonds is 2. The van der Waals surface area contributed by atoms with E-state index in [4.69, 9.17) is 15.2 Å². The van der Waals surface area contributed by atoms with Crippen molar-refractivity contribution in [1.82, 2.24) is 0 Å². The highest BCUT2D eigenvalue weighted by molar-refractivity contribution is 5.89. The van der Waals surface area contributed by atoms with E-state index in [1.54, 1.807) is 37.3 Å². The van der Waals surface area contributed by atoms with Gasteiger partial charge >= 0.3 is 5.97 Å². The molecule has 5 atom stereocenters. The maximum absolute atomic E-state index is 11.9. The van der Waals surface area contributed by atoms with Crippen molar-refractivity contribution in [3.63, 3.8) is 0 Å². The average molecular weight is 267 g/mol. The highest BCUT2D eigenvalue weighted by Crippen LogP contribution is 2.21. The number of carbonyl (C=O) groups excluding carboxylic acids is 1. The van der Waals surface area contributed by atoms with Gasteiger partial charge in [-0.05, 0) is 19.1 Å². The smallest absolute Gasteiger partial charge is 0.338 e. The molecular formula is C13H17NO5. The third-order valence-corrected chi connectivity index (χ3v) is 3.14. The van der Waals surface area contributed by atoms with Crippen LogP contribution in [0.2, 0.25) is 0 Å². The second-order valence-corrected chi connectivity index (χ2v) is 4.54. The molecule has 0 bridgehead atoms. The second kappa shape index (κ2) is 5.66. The summed E-state index contributed by atoms with van der Waals surface area (Å²) in [6, 6.07) is 7.56. The zero-order valence-electron chi connectivity index (χ0n) is 10.5. The van der Waals surface area contributed by atoms with E-state index in [2.05, 4.69) is 0 Å². The van der Waals surface area contributed by atoms with E-state index in [1.807, 2.05) is 0 Å². The molecule has 0 radical (unpaired) electrons. The Morgan fingerprint density at radius 3 is 2.58 bits per heavy atom. The van der Waals surface area contributed by atoms with Crippen LogP contribution in [0.15, 0.2) is 30.3 Å². The summed E-state index contributed by atoms with van der Waals surface area (Å²) in [4.78, 5) is 11.9. The fraction of sp³-hybridized carbons (Fsp3) is 0.462. The lowest BCUT2D eigenvalue weighted by Crippen LogP contribution is -2.61. The van der Waals surface area contributed by atoms with Crippen LogP contribution in [0.1, 0.15) is 17.3 Å². The molecule has 2 unspecified atom stereocenters. The Morgan fingerprint density at radius 2 is 1.95 bits per heavy atom. The Balaban J connectivity index is 2.08. The van der Waals surface area contributed by atoms with E-state index in [-0.39, 0.29) is 0 Å². The molecule has 0 saturated carbocycles. The van der Waals surface area contributed by atoms with E-state index in [1.165, 1.54) is 0 Å². The molecule has 1 aromatic carbocycles. The zero-order valence-corrected chi connectivity index (χ0v) is 10.5. The van der Waals surface area contributed by atoms with Gasteiger partial charge in [-0.2, -0.15) is 0 Å². The highest BCUT2D eigenvalue weighted by Gasteiger charge is 2.43. The minimum absolute atomic E-state index is 0.391. The predicted molar refractivity (Wildman–Crippen MR) is 66.2 cm³/mol. The van der Waals surface area contributed by atoms with Crippen LogP contribution in [0.5, 0.6) is 0 Å². The molecule has 0 amide bonds. The molecule has 0 aromatic heterocycles. The van der Waals surface area contributed by atoms with Gasteiger partial charge < -0.3 is 25.4 Å². The Morgan fingerprint density at radius 1 is 1.32 bits per heavy atom. The first-order valence-corrected chi connectivity index (χ1v) is 6.04. The fourth-order valence-corrected chi connectivity index (χ4v) is 2.02. The number of hydrogen-bond acceptors (Lipinski definition) is 6. The summed E-state index contributed by atoms with van der Waals surface area (Å²) in [7, 11) is 0. The lowest BCUT2D eigenvalue weighted by molar-refractivity contribution is -0.247. The van der Waals surface area contributed by atoms with Crippen molar-refractivity contribution < 1.29 is 24.5 Å². The topological polar surface area (TPSA) is 102 Å². The number of carbonyl (C=O) groups is 1. The molecule has 1 aliphatic heterocycles. The molecule has 6 nitrogen and oxygen atoms in total. The molecule has 1 fully saturated rings. The van der Waals surface area contributed by atoms with Crippen molar-refractivity contribution in [1.29, 1.82) is 0 Å². The number of hydrogen-bond donors (Lipinski definition) is 3. The fourth-order valence-electron chi connectivity index (χ4n) is 2.02. The van der Waals surface area contributed by atoms with Gasteiger partial charge in [0.1, 0.15) is 12.2 Å². The number of nitrogens with two attached hydrogens (primary N) is 1. The standard InChI is InChI=1S/C13H17NO5/c1-7-11(9(14)10(15)13(17)18-7)19-12(16)8-5-3-2-4-6-8/h2-7,9-11,13,15,17H,14H2,1H3/t7-,9?,10?,11-,13-/m1/s1. The first kappa shape index (κ1) is 14.0. The first-order valence-electron chi connectivity index (χ1n) is 6.04. The van der Waals surface area contributed by atoms with Crippen LogP contribution >= 0.6 is 0 Å². The van der Waals surface area contributed by atoms with Gasteiger partial charge in [-0.3, -0.25) is 0 Å². The summed E-state index contributed by atoms with van der Waals surface area (Å²) in [6.45, 7) is 1.62. The summed E-state index contributed by atoms with van der Waals surface area (Å²) >= 11 is 0. The number of esters is 1. The van der Waals surface area contributed by atoms with Crippen LogP contribution in [0, 0.1) is 0 Å². The highest BCUT2D eigenvalue weighted by atomic mass is 16.6. The number of aliphatic hydroxyl groups excluding tert-OH is 2. The third-order valence-electron chi connectivity index (χ3n) is 3.14. The first-order chi connectivity index (χ1) is 9.00. The Labute approximate surface area is 110 Å². The van der Waals surface area contributed by atoms with Gasteiger partial charge in [0.2, 0.25) is 0 Å². The van der Waals surface area contributed by atoms with Gasteiger partial charge in [-0.25, -0.2) is 4.79 Å². The van der Waals surface area contributed by atoms with Crippen LogP contribution in [0.3, 0.4) is 0 Å². The van der Waals surface area contributed by atoms with Gasteiger partial charge in [0.05, 0.1) is 17.7 Å². The van der Waals surface area contributed by atoms with Crippen LogP contribution in [0.25, 0.3) is 0 Å². The molecule has 4 N–H and O–H groups in total. The molecule has 2 rings (SSSR count). The van der Waals surface area contributed by atoms with E-state index in [0.29, 0.717) is 5.56 Å². The number of aliphatic hydroxyl groups is 2. The summed E-state index contributed by atoms with van der Waals surface area (Å²) < 4.78 is 10.3. The Bertz CT molecular complexity index is 438. The monoisotopic (exact) mass is 267 g/mol. The Hall–Kier alpha value is -1.47. The minimum atomic E-state index is -1.36. The molecule has 19 heavy (non-hydrogen) atoms. The van der Waals surface area contributed by atoms with Crippen molar-refractivity contribution >= 4 is 5.97 Å². The molecule has 104 valence electrons. The van der Waals surface area contributed by atoms with Crippen molar-refractivity contribution in [2.24, 2.45) is 5.73 Å². The van der Waals surface area contributed by atoms with E-state index < -0.39 is 36.6 Å². The quantitative estimate of drug-likeness (QED) is 0.632. The maximum atomic E-state index is 11.9. The lowest BCUT2D eigenvalue weighted by atomic mass is 9.97. The molecular weight excluding hydrogens is 250 g/mol. The van der Waals surface area contributed by atoms with E-state index >= 15 is 0 Å². The van der Waals surface area contributed by atoms with Gasteiger partial charge in [0.15, 0.2) is 6.29 Å². The normalized spacial score (nSPS) is 34.8. The average Bonchev–Trinajstić information content (AvgIpc) is 2.42. The largest absolute Gasteiger partial charge is 0.454 e. The molecule has 1 aliphatic rings. The molecule has 1 heterocycles. The third kappa shape index (κ3) is 2.93. The van der Waals surface area contributed by atoms with Crippen molar-refractivity contribution in [3.8, 4) is 0 Å². The molecule has 6 heteroatoms. The van der Waals surface area contributed by atoms with Gasteiger partial charge in [0, 0.05) is 0 Å². The van der Waals surface area contributed by atoms with Crippen molar-refractivity contribution in [3.05, 3.63) is 35.9 Å². The molecule has 0 spiro atoms. The van der Waals surface area contributed by atoms with Crippen molar-refractivity contribution in [2.75, 3.05) is 0 Å². The Kier molecular flexibility index (Phi) is 4.16. The van der Waals surface area contributed by atoms with E-state index in [9.17, 15) is 15.0 Å². The molecule has 0 aliphatic carbocycles. The van der Waals surface area contributed by atoms with Gasteiger partial charge in [0.25, 0.3) is 0 Å². The summed E-state index contributed by atoms with van der Waals surface area (Å²) in [5.74, 6) is -0.542. The maximum Gasteiger partial charge on any atom is 0.338 e. The summed E-state index contributed by atoms with van der Waals surface area (Å²) in [6.07, 6.45) is -4.06. The minimum Gasteiger partial charge on any atom is -0.454 e. The van der Waals surface area contributed by atoms with Crippen LogP contribution in [-0.2, 0) is 9.47 Å². The number of benzene rings is 1. The molecule has 1 aromatic rings. The lowest BCUT2D eigenvalue weighted by Gasteiger charge is -2.39. The van der Waals surface area contributed by atoms with Gasteiger partial charge in [-0.1, -0.05) is 18.2 Å². The van der Waals surface area contributed by atoms with Crippen LogP contribution in [0.4, 0.5) is 0 Å². The van der Waals surface area contributed by atoms with E-state index in [0.717, 1.165) is 0 Å². The van der Waals surface area contributed by atoms with Crippen LogP contribution < -0.4 is 5.73 Å². The molecule has 1 saturated heterocycles. The van der Waals surface area contributed by atoms with Gasteiger partial charge in [-0.15, -0.1) is 0 Å². The predicted octanol–water partition coefficient (Wildman–Crippen LogP) is -0.363. The summed E-state index contributed by atoms with van der Waals surface area (Å²) in [5, 5.41) is 19.0. The number of ether oxygens (including phenoxy) is 2.